The number of hydrogen-bond acceptors (Lipinski definition) is 9. The number of aromatic nitrogens is 2. The normalized spacial score (nSPS) is 14.9. The van der Waals surface area contributed by atoms with E-state index in [1.165, 1.54) is 19.2 Å². The Morgan fingerprint density at radius 1 is 1.00 bits per heavy atom. The summed E-state index contributed by atoms with van der Waals surface area (Å²) in [5, 5.41) is 41.3. The molecule has 0 fully saturated rings. The predicted molar refractivity (Wildman–Crippen MR) is 120 cm³/mol. The Morgan fingerprint density at radius 3 is 2.30 bits per heavy atom. The summed E-state index contributed by atoms with van der Waals surface area (Å²) in [7, 11) is 1.25. The van der Waals surface area contributed by atoms with Crippen LogP contribution in [0.5, 0.6) is 11.5 Å². The number of benzene rings is 2. The van der Waals surface area contributed by atoms with Gasteiger partial charge in [0.05, 0.1) is 31.4 Å². The lowest BCUT2D eigenvalue weighted by molar-refractivity contribution is -0.139. The van der Waals surface area contributed by atoms with Gasteiger partial charge in [0.2, 0.25) is 0 Å². The average molecular weight is 537 g/mol. The summed E-state index contributed by atoms with van der Waals surface area (Å²) < 4.78 is 77.1. The van der Waals surface area contributed by atoms with E-state index in [1.54, 1.807) is 0 Å². The Balaban J connectivity index is 0.00000481. The largest absolute Gasteiger partial charge is 0.493 e. The molecule has 0 aliphatic heterocycles. The molecule has 0 amide bonds. The number of alkyl halides is 4. The monoisotopic (exact) mass is 537 g/mol. The van der Waals surface area contributed by atoms with Crippen LogP contribution in [0.25, 0.3) is 10.9 Å². The first kappa shape index (κ1) is 29.9. The average Bonchev–Trinajstić information content (AvgIpc) is 2.85. The van der Waals surface area contributed by atoms with Crippen molar-refractivity contribution in [2.24, 2.45) is 0 Å². The first-order chi connectivity index (χ1) is 17.0. The van der Waals surface area contributed by atoms with Crippen LogP contribution in [0, 0.1) is 5.82 Å². The highest BCUT2D eigenvalue weighted by Crippen LogP contribution is 2.37. The molecule has 3 aromatic rings. The molecule has 7 N–H and O–H groups in total. The van der Waals surface area contributed by atoms with Gasteiger partial charge in [-0.25, -0.2) is 18.7 Å². The molecule has 0 saturated heterocycles. The summed E-state index contributed by atoms with van der Waals surface area (Å²) in [6.07, 6.45) is -11.5. The van der Waals surface area contributed by atoms with Crippen molar-refractivity contribution in [1.82, 2.24) is 9.97 Å². The lowest BCUT2D eigenvalue weighted by Gasteiger charge is -2.28. The minimum Gasteiger partial charge on any atom is -0.493 e. The zero-order valence-electron chi connectivity index (χ0n) is 19.1. The zero-order chi connectivity index (χ0) is 26.6. The van der Waals surface area contributed by atoms with Crippen LogP contribution in [0.4, 0.5) is 33.5 Å². The van der Waals surface area contributed by atoms with Crippen molar-refractivity contribution in [3.63, 3.8) is 0 Å². The molecule has 0 aliphatic rings. The lowest BCUT2D eigenvalue weighted by atomic mass is 10.0. The number of nitrogens with zero attached hydrogens (tertiary/aromatic N) is 2. The molecule has 15 heteroatoms. The molecule has 0 saturated carbocycles. The van der Waals surface area contributed by atoms with Crippen LogP contribution in [0.3, 0.4) is 0 Å². The summed E-state index contributed by atoms with van der Waals surface area (Å²) in [4.78, 5) is 8.06. The third-order valence-corrected chi connectivity index (χ3v) is 5.19. The van der Waals surface area contributed by atoms with Gasteiger partial charge in [0.15, 0.2) is 23.8 Å². The summed E-state index contributed by atoms with van der Waals surface area (Å²) >= 11 is 0. The van der Waals surface area contributed by atoms with Crippen molar-refractivity contribution in [2.75, 3.05) is 25.6 Å². The van der Waals surface area contributed by atoms with Gasteiger partial charge in [0.1, 0.15) is 30.2 Å². The highest BCUT2D eigenvalue weighted by atomic mass is 19.4. The summed E-state index contributed by atoms with van der Waals surface area (Å²) in [6.45, 7) is -1.92. The predicted octanol–water partition coefficient (Wildman–Crippen LogP) is 1.51. The molecule has 3 rings (SSSR count). The smallest absolute Gasteiger partial charge is 0.419 e. The Hall–Kier alpha value is -3.37. The van der Waals surface area contributed by atoms with Gasteiger partial charge in [-0.2, -0.15) is 13.2 Å². The highest BCUT2D eigenvalue weighted by Gasteiger charge is 2.35. The molecule has 0 bridgehead atoms. The van der Waals surface area contributed by atoms with Gasteiger partial charge in [-0.15, -0.1) is 0 Å². The number of methoxy groups -OCH3 is 1. The Labute approximate surface area is 206 Å². The molecular formula is C22H24F5N3O7. The van der Waals surface area contributed by atoms with Crippen LogP contribution in [-0.4, -0.2) is 80.7 Å². The molecule has 4 atom stereocenters. The van der Waals surface area contributed by atoms with E-state index in [0.29, 0.717) is 12.1 Å². The van der Waals surface area contributed by atoms with Crippen molar-refractivity contribution >= 4 is 22.4 Å². The molecule has 37 heavy (non-hydrogen) atoms. The third kappa shape index (κ3) is 6.69. The Kier molecular flexibility index (Phi) is 9.88. The molecular weight excluding hydrogens is 513 g/mol. The highest BCUT2D eigenvalue weighted by molar-refractivity contribution is 5.93. The summed E-state index contributed by atoms with van der Waals surface area (Å²) in [6, 6.07) is 4.99. The molecule has 10 nitrogen and oxygen atoms in total. The minimum atomic E-state index is -4.91. The van der Waals surface area contributed by atoms with E-state index in [0.717, 1.165) is 12.4 Å². The zero-order valence-corrected chi connectivity index (χ0v) is 19.1. The summed E-state index contributed by atoms with van der Waals surface area (Å²) in [5.41, 5.74) is -1.39. The van der Waals surface area contributed by atoms with E-state index in [-0.39, 0.29) is 39.4 Å². The molecule has 1 heterocycles. The van der Waals surface area contributed by atoms with E-state index < -0.39 is 55.3 Å². The SMILES string of the molecule is COc1cc2c(Nc3ccc(F)c(C(F)(F)F)c3)ncnc2cc1O[C@H](CO)[C@H](O)[C@@H](O)[C@H](F)CO.O. The van der Waals surface area contributed by atoms with Gasteiger partial charge in [0, 0.05) is 17.1 Å². The first-order valence-corrected chi connectivity index (χ1v) is 10.3. The maximum absolute atomic E-state index is 13.6. The van der Waals surface area contributed by atoms with Gasteiger partial charge < -0.3 is 40.7 Å². The van der Waals surface area contributed by atoms with Crippen LogP contribution in [0.2, 0.25) is 0 Å². The maximum atomic E-state index is 13.6. The molecule has 2 aromatic carbocycles. The van der Waals surface area contributed by atoms with Crippen LogP contribution in [-0.2, 0) is 6.18 Å². The van der Waals surface area contributed by atoms with E-state index in [2.05, 4.69) is 15.3 Å². The van der Waals surface area contributed by atoms with Crippen molar-refractivity contribution in [3.05, 3.63) is 48.0 Å². The molecule has 0 unspecified atom stereocenters. The quantitative estimate of drug-likeness (QED) is 0.241. The Morgan fingerprint density at radius 2 is 1.70 bits per heavy atom. The topological polar surface area (TPSA) is 169 Å². The number of hydrogen-bond donors (Lipinski definition) is 5. The second kappa shape index (κ2) is 12.2. The van der Waals surface area contributed by atoms with Crippen LogP contribution in [0.15, 0.2) is 36.7 Å². The van der Waals surface area contributed by atoms with Crippen LogP contribution < -0.4 is 14.8 Å². The van der Waals surface area contributed by atoms with Crippen LogP contribution >= 0.6 is 0 Å². The number of aliphatic hydroxyl groups is 4. The van der Waals surface area contributed by atoms with Gasteiger partial charge >= 0.3 is 6.18 Å². The molecule has 1 aromatic heterocycles. The first-order valence-electron chi connectivity index (χ1n) is 10.3. The molecule has 0 spiro atoms. The van der Waals surface area contributed by atoms with Crippen molar-refractivity contribution in [3.8, 4) is 11.5 Å². The molecule has 0 aliphatic carbocycles. The standard InChI is InChI=1S/C22H22F5N3O6.H2O/c1-35-16-5-11-15(6-17(16)36-18(8-32)20(34)19(33)14(24)7-31)28-9-29-21(11)30-10-2-3-13(23)12(4-10)22(25,26)27;/h2-6,9,14,18-20,31-34H,7-8H2,1H3,(H,28,29,30);1H2/t14-,18-,19+,20+;/m1./s1. The fourth-order valence-electron chi connectivity index (χ4n) is 3.29. The van der Waals surface area contributed by atoms with Gasteiger partial charge in [-0.3, -0.25) is 0 Å². The number of anilines is 2. The maximum Gasteiger partial charge on any atom is 0.419 e. The van der Waals surface area contributed by atoms with E-state index in [9.17, 15) is 37.3 Å². The fourth-order valence-corrected chi connectivity index (χ4v) is 3.29. The van der Waals surface area contributed by atoms with E-state index in [4.69, 9.17) is 14.6 Å². The number of nitrogens with one attached hydrogen (secondary N) is 1. The second-order valence-electron chi connectivity index (χ2n) is 7.58. The van der Waals surface area contributed by atoms with Crippen LogP contribution in [0.1, 0.15) is 5.56 Å². The minimum absolute atomic E-state index is 0. The van der Waals surface area contributed by atoms with Gasteiger partial charge in [-0.05, 0) is 24.3 Å². The second-order valence-corrected chi connectivity index (χ2v) is 7.58. The number of fused-ring (bicyclic) bond motifs is 1. The van der Waals surface area contributed by atoms with Crippen molar-refractivity contribution in [2.45, 2.75) is 30.7 Å². The van der Waals surface area contributed by atoms with E-state index in [1.807, 2.05) is 0 Å². The van der Waals surface area contributed by atoms with Gasteiger partial charge in [-0.1, -0.05) is 0 Å². The lowest BCUT2D eigenvalue weighted by Crippen LogP contribution is -2.48. The number of ether oxygens (including phenoxy) is 2. The molecule has 204 valence electrons. The number of aliphatic hydroxyl groups excluding tert-OH is 4. The summed E-state index contributed by atoms with van der Waals surface area (Å²) in [5.74, 6) is -1.47. The fraction of sp³-hybridized carbons (Fsp3) is 0.364. The third-order valence-electron chi connectivity index (χ3n) is 5.19. The number of rotatable bonds is 10. The Bertz CT molecular complexity index is 1200. The van der Waals surface area contributed by atoms with Crippen molar-refractivity contribution in [1.29, 1.82) is 0 Å². The van der Waals surface area contributed by atoms with E-state index >= 15 is 0 Å². The molecule has 0 radical (unpaired) electrons. The number of halogens is 5. The van der Waals surface area contributed by atoms with Crippen molar-refractivity contribution < 1.29 is 57.3 Å². The van der Waals surface area contributed by atoms with Gasteiger partial charge in [0.25, 0.3) is 0 Å².